The van der Waals surface area contributed by atoms with Gasteiger partial charge in [-0.3, -0.25) is 0 Å². The fourth-order valence-electron chi connectivity index (χ4n) is 0.656. The Hall–Kier alpha value is 0.214. The molecule has 0 saturated heterocycles. The van der Waals surface area contributed by atoms with Crippen molar-refractivity contribution >= 4 is 17.2 Å². The molecule has 0 amide bonds. The van der Waals surface area contributed by atoms with Gasteiger partial charge in [0.25, 0.3) is 0 Å². The molecule has 0 bridgehead atoms. The zero-order valence-corrected chi connectivity index (χ0v) is 9.95. The Kier molecular flexibility index (Phi) is 5.06. The molecule has 2 N–H and O–H groups in total. The molecule has 1 radical (unpaired) electrons. The summed E-state index contributed by atoms with van der Waals surface area (Å²) in [5.74, 6) is 0. The maximum Gasteiger partial charge on any atom is 0.0467 e. The summed E-state index contributed by atoms with van der Waals surface area (Å²) >= 11 is 4.76. The van der Waals surface area contributed by atoms with Crippen LogP contribution in [0.3, 0.4) is 0 Å². The van der Waals surface area contributed by atoms with Crippen LogP contribution in [0.2, 0.25) is 0 Å². The summed E-state index contributed by atoms with van der Waals surface area (Å²) in [6.07, 6.45) is 0. The number of hydrogen-bond acceptors (Lipinski definition) is 1. The molecule has 1 rings (SSSR count). The van der Waals surface area contributed by atoms with Crippen LogP contribution in [-0.4, -0.2) is 4.99 Å². The van der Waals surface area contributed by atoms with E-state index in [1.165, 1.54) is 0 Å². The number of rotatable bonds is 1. The van der Waals surface area contributed by atoms with E-state index in [1.807, 2.05) is 19.1 Å². The molecular weight excluding hydrogens is 231 g/mol. The standard InChI is InChI=1S/C8H8NS.Y/c1-6-2-4-7(5-3-6)8(9)10;/h2,4-5H,1H3,(H2,9,10);/q-1;. The first-order valence-electron chi connectivity index (χ1n) is 2.98. The van der Waals surface area contributed by atoms with Gasteiger partial charge < -0.3 is 5.73 Å². The van der Waals surface area contributed by atoms with Crippen LogP contribution in [-0.2, 0) is 32.7 Å². The zero-order chi connectivity index (χ0) is 7.56. The van der Waals surface area contributed by atoms with Crippen LogP contribution in [0.4, 0.5) is 0 Å². The molecule has 0 aliphatic heterocycles. The van der Waals surface area contributed by atoms with E-state index in [0.717, 1.165) is 11.1 Å². The van der Waals surface area contributed by atoms with Crippen molar-refractivity contribution in [1.29, 1.82) is 0 Å². The molecule has 0 heterocycles. The fraction of sp³-hybridized carbons (Fsp3) is 0.125. The first-order valence-corrected chi connectivity index (χ1v) is 3.39. The van der Waals surface area contributed by atoms with E-state index in [-0.39, 0.29) is 32.7 Å². The fourth-order valence-corrected chi connectivity index (χ4v) is 0.783. The normalized spacial score (nSPS) is 8.45. The van der Waals surface area contributed by atoms with Gasteiger partial charge in [-0.25, -0.2) is 0 Å². The van der Waals surface area contributed by atoms with Gasteiger partial charge in [0.2, 0.25) is 0 Å². The van der Waals surface area contributed by atoms with Gasteiger partial charge in [0, 0.05) is 37.7 Å². The quantitative estimate of drug-likeness (QED) is 0.592. The molecule has 0 atom stereocenters. The summed E-state index contributed by atoms with van der Waals surface area (Å²) in [6.45, 7) is 1.98. The monoisotopic (exact) mass is 239 g/mol. The van der Waals surface area contributed by atoms with Crippen LogP contribution in [0, 0.1) is 13.0 Å². The number of benzene rings is 1. The second-order valence-electron chi connectivity index (χ2n) is 2.12. The van der Waals surface area contributed by atoms with E-state index < -0.39 is 0 Å². The Morgan fingerprint density at radius 3 is 2.55 bits per heavy atom. The van der Waals surface area contributed by atoms with Gasteiger partial charge in [0.05, 0.1) is 0 Å². The molecule has 0 aliphatic rings. The molecule has 0 aromatic heterocycles. The van der Waals surface area contributed by atoms with Crippen molar-refractivity contribution in [3.05, 3.63) is 35.4 Å². The number of thiocarbonyl (C=S) groups is 1. The number of nitrogens with two attached hydrogens (primary N) is 1. The molecule has 0 saturated carbocycles. The predicted molar refractivity (Wildman–Crippen MR) is 45.9 cm³/mol. The van der Waals surface area contributed by atoms with Crippen LogP contribution in [0.25, 0.3) is 0 Å². The summed E-state index contributed by atoms with van der Waals surface area (Å²) in [4.78, 5) is 0.427. The minimum Gasteiger partial charge on any atom is -0.400 e. The van der Waals surface area contributed by atoms with Crippen molar-refractivity contribution in [1.82, 2.24) is 0 Å². The first-order chi connectivity index (χ1) is 4.70. The van der Waals surface area contributed by atoms with E-state index in [1.54, 1.807) is 6.07 Å². The van der Waals surface area contributed by atoms with Crippen LogP contribution < -0.4 is 5.73 Å². The SMILES string of the molecule is Cc1[c-]cc(C(N)=S)cc1.[Y]. The summed E-state index contributed by atoms with van der Waals surface area (Å²) in [5, 5.41) is 0. The summed E-state index contributed by atoms with van der Waals surface area (Å²) in [5.41, 5.74) is 7.35. The third kappa shape index (κ3) is 3.41. The molecule has 0 fully saturated rings. The number of aryl methyl sites for hydroxylation is 1. The van der Waals surface area contributed by atoms with Gasteiger partial charge in [-0.05, 0) is 0 Å². The topological polar surface area (TPSA) is 26.0 Å². The molecule has 0 unspecified atom stereocenters. The Balaban J connectivity index is 0.000001000. The van der Waals surface area contributed by atoms with Gasteiger partial charge >= 0.3 is 0 Å². The smallest absolute Gasteiger partial charge is 0.0467 e. The van der Waals surface area contributed by atoms with Crippen molar-refractivity contribution < 1.29 is 32.7 Å². The Morgan fingerprint density at radius 1 is 1.55 bits per heavy atom. The van der Waals surface area contributed by atoms with Crippen LogP contribution in [0.1, 0.15) is 11.1 Å². The third-order valence-electron chi connectivity index (χ3n) is 1.25. The second kappa shape index (κ2) is 4.97. The van der Waals surface area contributed by atoms with E-state index in [9.17, 15) is 0 Å². The van der Waals surface area contributed by atoms with Gasteiger partial charge in [-0.2, -0.15) is 29.8 Å². The summed E-state index contributed by atoms with van der Waals surface area (Å²) < 4.78 is 0. The molecule has 0 spiro atoms. The summed E-state index contributed by atoms with van der Waals surface area (Å²) in [6, 6.07) is 8.65. The average molecular weight is 239 g/mol. The Labute approximate surface area is 97.2 Å². The van der Waals surface area contributed by atoms with Crippen LogP contribution >= 0.6 is 12.2 Å². The van der Waals surface area contributed by atoms with Gasteiger partial charge in [0.15, 0.2) is 0 Å². The molecule has 1 aromatic carbocycles. The molecule has 55 valence electrons. The van der Waals surface area contributed by atoms with E-state index >= 15 is 0 Å². The number of hydrogen-bond donors (Lipinski definition) is 1. The largest absolute Gasteiger partial charge is 0.400 e. The Bertz CT molecular complexity index is 243. The predicted octanol–water partition coefficient (Wildman–Crippen LogP) is 1.43. The van der Waals surface area contributed by atoms with Crippen molar-refractivity contribution in [3.63, 3.8) is 0 Å². The summed E-state index contributed by atoms with van der Waals surface area (Å²) in [7, 11) is 0. The van der Waals surface area contributed by atoms with E-state index in [2.05, 4.69) is 6.07 Å². The first kappa shape index (κ1) is 11.2. The van der Waals surface area contributed by atoms with Crippen molar-refractivity contribution in [2.24, 2.45) is 5.73 Å². The van der Waals surface area contributed by atoms with E-state index in [0.29, 0.717) is 4.99 Å². The molecule has 11 heavy (non-hydrogen) atoms. The minimum atomic E-state index is 0. The van der Waals surface area contributed by atoms with Crippen molar-refractivity contribution in [2.45, 2.75) is 6.92 Å². The molecular formula is C8H8NSY-. The molecule has 3 heteroatoms. The maximum absolute atomic E-state index is 5.38. The molecule has 0 aliphatic carbocycles. The average Bonchev–Trinajstić information content (AvgIpc) is 1.88. The van der Waals surface area contributed by atoms with Gasteiger partial charge in [-0.1, -0.05) is 19.1 Å². The Morgan fingerprint density at radius 2 is 2.18 bits per heavy atom. The van der Waals surface area contributed by atoms with Crippen molar-refractivity contribution in [3.8, 4) is 0 Å². The van der Waals surface area contributed by atoms with E-state index in [4.69, 9.17) is 18.0 Å². The second-order valence-corrected chi connectivity index (χ2v) is 2.56. The minimum absolute atomic E-state index is 0. The van der Waals surface area contributed by atoms with Crippen LogP contribution in [0.15, 0.2) is 18.2 Å². The zero-order valence-electron chi connectivity index (χ0n) is 6.29. The van der Waals surface area contributed by atoms with Crippen LogP contribution in [0.5, 0.6) is 0 Å². The molecule has 1 nitrogen and oxygen atoms in total. The maximum atomic E-state index is 5.38. The molecule has 1 aromatic rings. The van der Waals surface area contributed by atoms with Crippen molar-refractivity contribution in [2.75, 3.05) is 0 Å². The van der Waals surface area contributed by atoms with Gasteiger partial charge in [0.1, 0.15) is 0 Å². The van der Waals surface area contributed by atoms with Gasteiger partial charge in [-0.15, -0.1) is 5.56 Å². The third-order valence-corrected chi connectivity index (χ3v) is 1.49.